The molecule has 0 N–H and O–H groups in total. The van der Waals surface area contributed by atoms with Gasteiger partial charge in [0.2, 0.25) is 17.7 Å². The summed E-state index contributed by atoms with van der Waals surface area (Å²) in [6, 6.07) is 14.3. The van der Waals surface area contributed by atoms with Crippen molar-refractivity contribution in [2.24, 2.45) is 29.6 Å². The minimum absolute atomic E-state index is 0.0829. The fraction of sp³-hybridized carbons (Fsp3) is 0.407. The Balaban J connectivity index is 1.16. The van der Waals surface area contributed by atoms with Crippen LogP contribution in [-0.4, -0.2) is 30.2 Å². The highest BCUT2D eigenvalue weighted by Crippen LogP contribution is 2.56. The van der Waals surface area contributed by atoms with E-state index in [9.17, 15) is 19.2 Å². The largest absolute Gasteiger partial charge is 0.426 e. The number of anilines is 2. The normalized spacial score (nSPS) is 29.8. The highest BCUT2D eigenvalue weighted by atomic mass is 16.5. The van der Waals surface area contributed by atoms with E-state index in [-0.39, 0.29) is 42.5 Å². The molecule has 0 spiro atoms. The van der Waals surface area contributed by atoms with E-state index in [2.05, 4.69) is 0 Å². The number of amides is 3. The van der Waals surface area contributed by atoms with Crippen LogP contribution in [0.5, 0.6) is 5.75 Å². The van der Waals surface area contributed by atoms with Gasteiger partial charge in [-0.25, -0.2) is 4.90 Å². The molecular formula is C27H26N2O5. The molecular weight excluding hydrogens is 432 g/mol. The van der Waals surface area contributed by atoms with Crippen molar-refractivity contribution in [1.82, 2.24) is 0 Å². The molecule has 2 aliphatic carbocycles. The van der Waals surface area contributed by atoms with Gasteiger partial charge < -0.3 is 9.64 Å². The number of esters is 1. The van der Waals surface area contributed by atoms with Gasteiger partial charge in [0, 0.05) is 18.7 Å². The van der Waals surface area contributed by atoms with Crippen LogP contribution in [-0.2, 0) is 19.2 Å². The minimum atomic E-state index is -0.552. The number of nitrogens with zero attached hydrogens (tertiary/aromatic N) is 2. The average molecular weight is 459 g/mol. The molecule has 2 aliphatic heterocycles. The third kappa shape index (κ3) is 3.17. The molecule has 7 heteroatoms. The Bertz CT molecular complexity index is 1180. The number of carbonyl (C=O) groups excluding carboxylic acids is 4. The maximum atomic E-state index is 13.1. The van der Waals surface area contributed by atoms with Gasteiger partial charge >= 0.3 is 5.97 Å². The number of rotatable bonds is 4. The Morgan fingerprint density at radius 3 is 2.26 bits per heavy atom. The van der Waals surface area contributed by atoms with E-state index >= 15 is 0 Å². The monoisotopic (exact) mass is 458 g/mol. The highest BCUT2D eigenvalue weighted by molar-refractivity contribution is 6.23. The van der Waals surface area contributed by atoms with E-state index < -0.39 is 11.9 Å². The summed E-state index contributed by atoms with van der Waals surface area (Å²) < 4.78 is 5.60. The Morgan fingerprint density at radius 2 is 1.62 bits per heavy atom. The lowest BCUT2D eigenvalue weighted by Crippen LogP contribution is -2.33. The summed E-state index contributed by atoms with van der Waals surface area (Å²) in [6.45, 7) is 2.09. The average Bonchev–Trinajstić information content (AvgIpc) is 3.59. The number of fused-ring (bicyclic) bond motifs is 5. The first-order valence-electron chi connectivity index (χ1n) is 12.0. The molecule has 7 nitrogen and oxygen atoms in total. The molecule has 2 saturated carbocycles. The Labute approximate surface area is 197 Å². The fourth-order valence-electron chi connectivity index (χ4n) is 6.51. The van der Waals surface area contributed by atoms with Crippen LogP contribution in [0.3, 0.4) is 0 Å². The third-order valence-corrected chi connectivity index (χ3v) is 8.08. The topological polar surface area (TPSA) is 84.0 Å². The number of ether oxygens (including phenoxy) is 1. The molecule has 2 heterocycles. The van der Waals surface area contributed by atoms with Crippen molar-refractivity contribution >= 4 is 35.1 Å². The fourth-order valence-corrected chi connectivity index (χ4v) is 6.51. The van der Waals surface area contributed by atoms with Crippen molar-refractivity contribution in [3.8, 4) is 5.75 Å². The molecule has 0 radical (unpaired) electrons. The first kappa shape index (κ1) is 21.1. The van der Waals surface area contributed by atoms with Crippen LogP contribution >= 0.6 is 0 Å². The van der Waals surface area contributed by atoms with Gasteiger partial charge in [-0.05, 0) is 73.9 Å². The van der Waals surface area contributed by atoms with Crippen LogP contribution in [0.1, 0.15) is 31.2 Å². The summed E-state index contributed by atoms with van der Waals surface area (Å²) in [6.07, 6.45) is 3.18. The van der Waals surface area contributed by atoms with Gasteiger partial charge in [-0.1, -0.05) is 18.2 Å². The molecule has 3 amide bonds. The van der Waals surface area contributed by atoms with Crippen molar-refractivity contribution in [1.29, 1.82) is 0 Å². The summed E-state index contributed by atoms with van der Waals surface area (Å²) in [7, 11) is 0. The number of carbonyl (C=O) groups is 4. The van der Waals surface area contributed by atoms with E-state index in [1.54, 1.807) is 23.1 Å². The van der Waals surface area contributed by atoms with Gasteiger partial charge in [0.25, 0.3) is 0 Å². The Morgan fingerprint density at radius 1 is 0.941 bits per heavy atom. The minimum Gasteiger partial charge on any atom is -0.426 e. The maximum absolute atomic E-state index is 13.1. The van der Waals surface area contributed by atoms with Gasteiger partial charge in [-0.15, -0.1) is 0 Å². The van der Waals surface area contributed by atoms with Crippen LogP contribution in [0, 0.1) is 36.5 Å². The number of hydrogen-bond acceptors (Lipinski definition) is 5. The maximum Gasteiger partial charge on any atom is 0.316 e. The smallest absolute Gasteiger partial charge is 0.316 e. The summed E-state index contributed by atoms with van der Waals surface area (Å²) in [4.78, 5) is 54.5. The number of aryl methyl sites for hydroxylation is 1. The molecule has 2 aromatic rings. The molecule has 2 aromatic carbocycles. The van der Waals surface area contributed by atoms with Crippen molar-refractivity contribution in [2.45, 2.75) is 32.6 Å². The lowest BCUT2D eigenvalue weighted by Gasteiger charge is -2.20. The zero-order valence-electron chi connectivity index (χ0n) is 19.0. The summed E-state index contributed by atoms with van der Waals surface area (Å²) in [5.74, 6) is -0.612. The van der Waals surface area contributed by atoms with Crippen LogP contribution in [0.25, 0.3) is 0 Å². The number of imide groups is 1. The molecule has 2 bridgehead atoms. The van der Waals surface area contributed by atoms with Crippen molar-refractivity contribution in [3.05, 3.63) is 54.1 Å². The molecule has 4 aliphatic rings. The van der Waals surface area contributed by atoms with Gasteiger partial charge in [0.15, 0.2) is 0 Å². The SMILES string of the molecule is Cc1cc(OC(=O)C2CC(=O)N(c3ccccc3)C2)ccc1N1C(=O)C2C3CCC(C3)C2C1=O. The van der Waals surface area contributed by atoms with Crippen molar-refractivity contribution in [3.63, 3.8) is 0 Å². The second-order valence-corrected chi connectivity index (χ2v) is 10.0. The van der Waals surface area contributed by atoms with Crippen molar-refractivity contribution in [2.75, 3.05) is 16.3 Å². The molecule has 5 unspecified atom stereocenters. The standard InChI is InChI=1S/C27H26N2O5/c1-15-11-20(34-27(33)18-13-22(30)28(14-18)19-5-3-2-4-6-19)9-10-21(15)29-25(31)23-16-7-8-17(12-16)24(23)26(29)32/h2-6,9-11,16-18,23-24H,7-8,12-14H2,1H3. The van der Waals surface area contributed by atoms with Gasteiger partial charge in [-0.3, -0.25) is 19.2 Å². The zero-order valence-corrected chi connectivity index (χ0v) is 19.0. The third-order valence-electron chi connectivity index (χ3n) is 8.08. The number of hydrogen-bond donors (Lipinski definition) is 0. The molecule has 4 fully saturated rings. The molecule has 0 aromatic heterocycles. The summed E-state index contributed by atoms with van der Waals surface area (Å²) >= 11 is 0. The lowest BCUT2D eigenvalue weighted by atomic mass is 9.81. The van der Waals surface area contributed by atoms with Gasteiger partial charge in [0.1, 0.15) is 5.75 Å². The van der Waals surface area contributed by atoms with Gasteiger partial charge in [-0.2, -0.15) is 0 Å². The predicted molar refractivity (Wildman–Crippen MR) is 124 cm³/mol. The van der Waals surface area contributed by atoms with E-state index in [0.717, 1.165) is 24.9 Å². The van der Waals surface area contributed by atoms with Crippen molar-refractivity contribution < 1.29 is 23.9 Å². The van der Waals surface area contributed by atoms with Crippen LogP contribution < -0.4 is 14.5 Å². The Hall–Kier alpha value is -3.48. The zero-order chi connectivity index (χ0) is 23.6. The van der Waals surface area contributed by atoms with E-state index in [1.807, 2.05) is 37.3 Å². The van der Waals surface area contributed by atoms with E-state index in [0.29, 0.717) is 28.8 Å². The molecule has 2 saturated heterocycles. The second kappa shape index (κ2) is 7.79. The molecule has 174 valence electrons. The van der Waals surface area contributed by atoms with E-state index in [1.165, 1.54) is 4.90 Å². The van der Waals surface area contributed by atoms with Crippen LogP contribution in [0.15, 0.2) is 48.5 Å². The lowest BCUT2D eigenvalue weighted by molar-refractivity contribution is -0.139. The van der Waals surface area contributed by atoms with E-state index in [4.69, 9.17) is 4.74 Å². The van der Waals surface area contributed by atoms with Crippen LogP contribution in [0.2, 0.25) is 0 Å². The molecule has 34 heavy (non-hydrogen) atoms. The first-order chi connectivity index (χ1) is 16.4. The van der Waals surface area contributed by atoms with Crippen LogP contribution in [0.4, 0.5) is 11.4 Å². The highest BCUT2D eigenvalue weighted by Gasteiger charge is 2.61. The predicted octanol–water partition coefficient (Wildman–Crippen LogP) is 3.49. The number of para-hydroxylation sites is 1. The first-order valence-corrected chi connectivity index (χ1v) is 12.0. The summed E-state index contributed by atoms with van der Waals surface area (Å²) in [5.41, 5.74) is 2.03. The quantitative estimate of drug-likeness (QED) is 0.398. The number of benzene rings is 2. The Kier molecular flexibility index (Phi) is 4.83. The van der Waals surface area contributed by atoms with Gasteiger partial charge in [0.05, 0.1) is 23.4 Å². The molecule has 5 atom stereocenters. The molecule has 6 rings (SSSR count). The second-order valence-electron chi connectivity index (χ2n) is 10.0. The summed E-state index contributed by atoms with van der Waals surface area (Å²) in [5, 5.41) is 0.